The number of nitrogens with one attached hydrogen (secondary N) is 1. The molecule has 7 heteroatoms. The number of fused-ring (bicyclic) bond motifs is 1. The Morgan fingerprint density at radius 1 is 1.55 bits per heavy atom. The molecule has 0 bridgehead atoms. The van der Waals surface area contributed by atoms with E-state index in [0.717, 1.165) is 0 Å². The van der Waals surface area contributed by atoms with E-state index in [1.165, 1.54) is 0 Å². The molecule has 0 saturated heterocycles. The summed E-state index contributed by atoms with van der Waals surface area (Å²) in [7, 11) is 0. The minimum atomic E-state index is -0.642. The first-order valence-corrected chi connectivity index (χ1v) is 3.59. The van der Waals surface area contributed by atoms with E-state index in [1.54, 1.807) is 0 Å². The van der Waals surface area contributed by atoms with Crippen LogP contribution in [0.1, 0.15) is 0 Å². The monoisotopic (exact) mass is 215 g/mol. The molecule has 0 aromatic rings. The number of carbonyl (C=O) groups excluding carboxylic acids is 1. The molecule has 0 aromatic carbocycles. The maximum Gasteiger partial charge on any atom is 0.260 e. The van der Waals surface area contributed by atoms with Crippen LogP contribution in [0.3, 0.4) is 0 Å². The molecule has 2 aliphatic heterocycles. The lowest BCUT2D eigenvalue weighted by molar-refractivity contribution is -0.119. The van der Waals surface area contributed by atoms with Crippen LogP contribution in [0.2, 0.25) is 0 Å². The summed E-state index contributed by atoms with van der Waals surface area (Å²) in [4.78, 5) is 14.9. The third-order valence-corrected chi connectivity index (χ3v) is 1.62. The Bertz CT molecular complexity index is 306. The van der Waals surface area contributed by atoms with Crippen LogP contribution in [0.4, 0.5) is 0 Å². The first-order valence-electron chi connectivity index (χ1n) is 2.80. The molecule has 2 rings (SSSR count). The van der Waals surface area contributed by atoms with Gasteiger partial charge in [-0.1, -0.05) is 0 Å². The van der Waals surface area contributed by atoms with Crippen molar-refractivity contribution in [1.82, 2.24) is 5.32 Å². The third kappa shape index (κ3) is 0.967. The summed E-state index contributed by atoms with van der Waals surface area (Å²) < 4.78 is 0.352. The van der Waals surface area contributed by atoms with Gasteiger partial charge in [0, 0.05) is 0 Å². The lowest BCUT2D eigenvalue weighted by atomic mass is 10.2. The number of nitrogens with zero attached hydrogens (tertiary/aromatic N) is 4. The molecule has 1 amide bonds. The number of carbonyl (C=O) groups is 1. The number of amides is 1. The van der Waals surface area contributed by atoms with E-state index < -0.39 is 6.04 Å². The van der Waals surface area contributed by atoms with Gasteiger partial charge in [-0.15, -0.1) is 10.2 Å². The molecule has 11 heavy (non-hydrogen) atoms. The number of rotatable bonds is 0. The molecule has 1 N–H and O–H groups in total. The molecule has 2 aliphatic rings. The second-order valence-electron chi connectivity index (χ2n) is 1.96. The van der Waals surface area contributed by atoms with Gasteiger partial charge in [0.2, 0.25) is 6.04 Å². The fraction of sp³-hybridized carbons (Fsp3) is 0.250. The molecule has 0 radical (unpaired) electrons. The van der Waals surface area contributed by atoms with E-state index >= 15 is 0 Å². The number of aliphatic imine (C=N–C) groups is 1. The van der Waals surface area contributed by atoms with Gasteiger partial charge >= 0.3 is 0 Å². The van der Waals surface area contributed by atoms with Crippen LogP contribution in [0.25, 0.3) is 0 Å². The Balaban J connectivity index is 2.42. The van der Waals surface area contributed by atoms with Crippen LogP contribution in [-0.4, -0.2) is 22.5 Å². The largest absolute Gasteiger partial charge is 0.302 e. The maximum atomic E-state index is 11.0. The highest BCUT2D eigenvalue weighted by Crippen LogP contribution is 2.11. The highest BCUT2D eigenvalue weighted by Gasteiger charge is 2.32. The molecule has 56 valence electrons. The summed E-state index contributed by atoms with van der Waals surface area (Å²) in [5.41, 5.74) is 0. The van der Waals surface area contributed by atoms with Crippen LogP contribution in [0.15, 0.2) is 20.4 Å². The zero-order valence-corrected chi connectivity index (χ0v) is 6.74. The van der Waals surface area contributed by atoms with Crippen molar-refractivity contribution in [3.63, 3.8) is 0 Å². The lowest BCUT2D eigenvalue weighted by Gasteiger charge is -2.11. The van der Waals surface area contributed by atoms with Gasteiger partial charge in [0.05, 0.1) is 0 Å². The van der Waals surface area contributed by atoms with E-state index in [0.29, 0.717) is 10.6 Å². The topological polar surface area (TPSA) is 78.5 Å². The van der Waals surface area contributed by atoms with Crippen LogP contribution < -0.4 is 5.32 Å². The Kier molecular flexibility index (Phi) is 1.31. The van der Waals surface area contributed by atoms with Crippen molar-refractivity contribution in [2.45, 2.75) is 6.04 Å². The molecular formula is C4H2BrN5O. The zero-order valence-electron chi connectivity index (χ0n) is 5.15. The average molecular weight is 216 g/mol. The minimum Gasteiger partial charge on any atom is -0.302 e. The van der Waals surface area contributed by atoms with Crippen LogP contribution in [-0.2, 0) is 4.79 Å². The first kappa shape index (κ1) is 6.59. The smallest absolute Gasteiger partial charge is 0.260 e. The number of hydrogen-bond donors (Lipinski definition) is 1. The van der Waals surface area contributed by atoms with E-state index in [-0.39, 0.29) is 5.91 Å². The molecule has 6 nitrogen and oxygen atoms in total. The molecule has 0 aliphatic carbocycles. The highest BCUT2D eigenvalue weighted by atomic mass is 79.9. The molecule has 0 fully saturated rings. The standard InChI is InChI=1S/C4H2BrN5O/c5-4-6-2-1(3(11)7-4)8-10-9-2/h1H,(H,6,7,8,9,11). The Morgan fingerprint density at radius 2 is 2.36 bits per heavy atom. The van der Waals surface area contributed by atoms with E-state index in [2.05, 4.69) is 41.7 Å². The van der Waals surface area contributed by atoms with Crippen molar-refractivity contribution < 1.29 is 4.79 Å². The van der Waals surface area contributed by atoms with Gasteiger partial charge < -0.3 is 5.32 Å². The summed E-state index contributed by atoms with van der Waals surface area (Å²) in [6.07, 6.45) is 0. The summed E-state index contributed by atoms with van der Waals surface area (Å²) in [5, 5.41) is 12.9. The van der Waals surface area contributed by atoms with Crippen LogP contribution in [0.5, 0.6) is 0 Å². The molecule has 0 spiro atoms. The van der Waals surface area contributed by atoms with Crippen molar-refractivity contribution in [2.24, 2.45) is 20.4 Å². The van der Waals surface area contributed by atoms with Crippen molar-refractivity contribution >= 4 is 32.4 Å². The lowest BCUT2D eigenvalue weighted by Crippen LogP contribution is -2.43. The maximum absolute atomic E-state index is 11.0. The van der Waals surface area contributed by atoms with Crippen molar-refractivity contribution in [3.8, 4) is 0 Å². The van der Waals surface area contributed by atoms with E-state index in [4.69, 9.17) is 0 Å². The quantitative estimate of drug-likeness (QED) is 0.569. The molecule has 2 heterocycles. The van der Waals surface area contributed by atoms with Gasteiger partial charge in [0.15, 0.2) is 10.6 Å². The highest BCUT2D eigenvalue weighted by molar-refractivity contribution is 9.18. The molecular weight excluding hydrogens is 214 g/mol. The zero-order chi connectivity index (χ0) is 7.84. The Labute approximate surface area is 69.6 Å². The normalized spacial score (nSPS) is 27.4. The fourth-order valence-electron chi connectivity index (χ4n) is 0.781. The van der Waals surface area contributed by atoms with Crippen molar-refractivity contribution in [1.29, 1.82) is 0 Å². The molecule has 1 unspecified atom stereocenters. The number of hydrogen-bond acceptors (Lipinski definition) is 5. The minimum absolute atomic E-state index is 0.258. The summed E-state index contributed by atoms with van der Waals surface area (Å²) >= 11 is 3.02. The second-order valence-corrected chi connectivity index (χ2v) is 2.71. The van der Waals surface area contributed by atoms with E-state index in [1.807, 2.05) is 0 Å². The number of amidine groups is 2. The SMILES string of the molecule is O=C1NC(Br)=NC2=NN=NC12. The number of halogens is 1. The van der Waals surface area contributed by atoms with Gasteiger partial charge in [-0.25, -0.2) is 4.99 Å². The van der Waals surface area contributed by atoms with Gasteiger partial charge in [-0.05, 0) is 21.2 Å². The van der Waals surface area contributed by atoms with Crippen LogP contribution >= 0.6 is 15.9 Å². The van der Waals surface area contributed by atoms with Gasteiger partial charge in [-0.3, -0.25) is 4.79 Å². The summed E-state index contributed by atoms with van der Waals surface area (Å²) in [6, 6.07) is -0.642. The Morgan fingerprint density at radius 3 is 3.18 bits per heavy atom. The first-order chi connectivity index (χ1) is 5.27. The van der Waals surface area contributed by atoms with Crippen molar-refractivity contribution in [3.05, 3.63) is 0 Å². The molecule has 1 atom stereocenters. The summed E-state index contributed by atoms with van der Waals surface area (Å²) in [5.74, 6) is 0.0764. The predicted octanol–water partition coefficient (Wildman–Crippen LogP) is 0.0150. The van der Waals surface area contributed by atoms with Crippen molar-refractivity contribution in [2.75, 3.05) is 0 Å². The predicted molar refractivity (Wildman–Crippen MR) is 40.6 cm³/mol. The molecule has 0 aromatic heterocycles. The van der Waals surface area contributed by atoms with Gasteiger partial charge in [-0.2, -0.15) is 0 Å². The third-order valence-electron chi connectivity index (χ3n) is 1.25. The summed E-state index contributed by atoms with van der Waals surface area (Å²) in [6.45, 7) is 0. The van der Waals surface area contributed by atoms with E-state index in [9.17, 15) is 4.79 Å². The Hall–Kier alpha value is -1.11. The average Bonchev–Trinajstić information content (AvgIpc) is 2.34. The molecule has 0 saturated carbocycles. The van der Waals surface area contributed by atoms with Crippen LogP contribution in [0, 0.1) is 0 Å². The fourth-order valence-corrected chi connectivity index (χ4v) is 1.16. The second kappa shape index (κ2) is 2.19. The van der Waals surface area contributed by atoms with Gasteiger partial charge in [0.1, 0.15) is 0 Å². The van der Waals surface area contributed by atoms with Gasteiger partial charge in [0.25, 0.3) is 5.91 Å².